The van der Waals surface area contributed by atoms with Gasteiger partial charge in [0.1, 0.15) is 5.82 Å². The number of rotatable bonds is 2. The van der Waals surface area contributed by atoms with Crippen molar-refractivity contribution in [2.24, 2.45) is 0 Å². The van der Waals surface area contributed by atoms with Crippen molar-refractivity contribution in [3.63, 3.8) is 0 Å². The van der Waals surface area contributed by atoms with E-state index in [1.807, 2.05) is 16.7 Å². The van der Waals surface area contributed by atoms with Crippen molar-refractivity contribution in [1.82, 2.24) is 14.8 Å². The van der Waals surface area contributed by atoms with Gasteiger partial charge in [-0.2, -0.15) is 5.10 Å². The number of H-pyrrole nitrogens is 1. The van der Waals surface area contributed by atoms with Crippen LogP contribution in [0, 0.1) is 11.7 Å². The van der Waals surface area contributed by atoms with Crippen molar-refractivity contribution in [2.75, 3.05) is 0 Å². The number of benzene rings is 1. The summed E-state index contributed by atoms with van der Waals surface area (Å²) in [6.45, 7) is 6.27. The number of nitrogens with one attached hydrogen (secondary N) is 1. The molecule has 0 saturated heterocycles. The fraction of sp³-hybridized carbons (Fsp3) is 0.333. The second-order valence-corrected chi connectivity index (χ2v) is 5.46. The lowest BCUT2D eigenvalue weighted by molar-refractivity contribution is 0.743. The van der Waals surface area contributed by atoms with Crippen LogP contribution in [0.25, 0.3) is 5.69 Å². The highest BCUT2D eigenvalue weighted by molar-refractivity contribution is 9.10. The van der Waals surface area contributed by atoms with Crippen molar-refractivity contribution in [3.8, 4) is 5.69 Å². The van der Waals surface area contributed by atoms with Crippen LogP contribution in [0.4, 0.5) is 0 Å². The zero-order valence-corrected chi connectivity index (χ0v) is 12.4. The molecule has 2 aromatic rings. The molecular formula is C12H14BrN3S. The molecule has 5 heteroatoms. The number of aromatic nitrogens is 3. The Morgan fingerprint density at radius 3 is 2.76 bits per heavy atom. The van der Waals surface area contributed by atoms with E-state index in [1.165, 1.54) is 5.56 Å². The highest BCUT2D eigenvalue weighted by Gasteiger charge is 2.14. The second-order valence-electron chi connectivity index (χ2n) is 4.29. The van der Waals surface area contributed by atoms with E-state index in [-0.39, 0.29) is 0 Å². The number of hydrogen-bond donors (Lipinski definition) is 1. The van der Waals surface area contributed by atoms with E-state index in [0.717, 1.165) is 16.0 Å². The van der Waals surface area contributed by atoms with Crippen molar-refractivity contribution >= 4 is 28.1 Å². The molecule has 17 heavy (non-hydrogen) atoms. The molecule has 0 radical (unpaired) electrons. The molecule has 0 aliphatic carbocycles. The van der Waals surface area contributed by atoms with Gasteiger partial charge < -0.3 is 0 Å². The van der Waals surface area contributed by atoms with Crippen LogP contribution >= 0.6 is 28.1 Å². The molecule has 0 fully saturated rings. The van der Waals surface area contributed by atoms with Gasteiger partial charge in [-0.3, -0.25) is 9.67 Å². The third-order valence-corrected chi connectivity index (χ3v) is 3.93. The van der Waals surface area contributed by atoms with E-state index in [0.29, 0.717) is 10.7 Å². The summed E-state index contributed by atoms with van der Waals surface area (Å²) in [4.78, 5) is 0. The Hall–Kier alpha value is -0.940. The van der Waals surface area contributed by atoms with Crippen molar-refractivity contribution in [2.45, 2.75) is 26.7 Å². The summed E-state index contributed by atoms with van der Waals surface area (Å²) in [7, 11) is 0. The first-order valence-corrected chi connectivity index (χ1v) is 6.65. The Labute approximate surface area is 114 Å². The molecular weight excluding hydrogens is 298 g/mol. The number of halogens is 1. The van der Waals surface area contributed by atoms with Gasteiger partial charge in [0.15, 0.2) is 4.77 Å². The van der Waals surface area contributed by atoms with Crippen LogP contribution in [0.3, 0.4) is 0 Å². The Morgan fingerprint density at radius 1 is 1.41 bits per heavy atom. The molecule has 1 N–H and O–H groups in total. The summed E-state index contributed by atoms with van der Waals surface area (Å²) in [5.74, 6) is 1.26. The first-order valence-electron chi connectivity index (χ1n) is 5.45. The van der Waals surface area contributed by atoms with E-state index in [1.54, 1.807) is 0 Å². The van der Waals surface area contributed by atoms with Gasteiger partial charge in [-0.05, 0) is 46.7 Å². The number of aromatic amines is 1. The third-order valence-electron chi connectivity index (χ3n) is 2.63. The normalized spacial score (nSPS) is 11.1. The van der Waals surface area contributed by atoms with E-state index in [4.69, 9.17) is 12.2 Å². The van der Waals surface area contributed by atoms with Gasteiger partial charge in [-0.1, -0.05) is 26.0 Å². The average molecular weight is 312 g/mol. The molecule has 0 unspecified atom stereocenters. The number of nitrogens with zero attached hydrogens (tertiary/aromatic N) is 2. The van der Waals surface area contributed by atoms with Gasteiger partial charge in [0.25, 0.3) is 0 Å². The molecule has 0 atom stereocenters. The molecule has 0 amide bonds. The van der Waals surface area contributed by atoms with Crippen LogP contribution in [0.2, 0.25) is 0 Å². The van der Waals surface area contributed by atoms with Crippen LogP contribution in [0.15, 0.2) is 22.7 Å². The molecule has 3 nitrogen and oxygen atoms in total. The molecule has 0 saturated carbocycles. The number of aryl methyl sites for hydroxylation is 1. The maximum Gasteiger partial charge on any atom is 0.199 e. The highest BCUT2D eigenvalue weighted by Crippen LogP contribution is 2.27. The van der Waals surface area contributed by atoms with Crippen LogP contribution < -0.4 is 0 Å². The molecule has 1 heterocycles. The lowest BCUT2D eigenvalue weighted by Gasteiger charge is -2.12. The first kappa shape index (κ1) is 12.5. The van der Waals surface area contributed by atoms with Crippen LogP contribution in [-0.2, 0) is 0 Å². The quantitative estimate of drug-likeness (QED) is 0.846. The van der Waals surface area contributed by atoms with Crippen molar-refractivity contribution in [3.05, 3.63) is 38.8 Å². The predicted molar refractivity (Wildman–Crippen MR) is 75.3 cm³/mol. The standard InChI is InChI=1S/C12H14BrN3S/c1-7(2)11-14-15-12(17)16(11)9-6-4-5-8(3)10(9)13/h4-7H,1-3H3,(H,15,17). The minimum absolute atomic E-state index is 0.315. The van der Waals surface area contributed by atoms with Gasteiger partial charge in [0.2, 0.25) is 0 Å². The molecule has 90 valence electrons. The smallest absolute Gasteiger partial charge is 0.199 e. The van der Waals surface area contributed by atoms with Crippen LogP contribution in [-0.4, -0.2) is 14.8 Å². The summed E-state index contributed by atoms with van der Waals surface area (Å²) in [5, 5.41) is 7.15. The summed E-state index contributed by atoms with van der Waals surface area (Å²) in [6, 6.07) is 6.12. The Kier molecular flexibility index (Phi) is 3.49. The van der Waals surface area contributed by atoms with E-state index < -0.39 is 0 Å². The lowest BCUT2D eigenvalue weighted by Crippen LogP contribution is -2.04. The largest absolute Gasteiger partial charge is 0.271 e. The Bertz CT molecular complexity index is 598. The van der Waals surface area contributed by atoms with Crippen LogP contribution in [0.5, 0.6) is 0 Å². The zero-order chi connectivity index (χ0) is 12.6. The fourth-order valence-corrected chi connectivity index (χ4v) is 2.41. The van der Waals surface area contributed by atoms with Gasteiger partial charge in [-0.25, -0.2) is 0 Å². The molecule has 1 aromatic carbocycles. The fourth-order valence-electron chi connectivity index (χ4n) is 1.73. The van der Waals surface area contributed by atoms with Crippen molar-refractivity contribution < 1.29 is 0 Å². The monoisotopic (exact) mass is 311 g/mol. The van der Waals surface area contributed by atoms with Crippen molar-refractivity contribution in [1.29, 1.82) is 0 Å². The molecule has 0 aliphatic heterocycles. The van der Waals surface area contributed by atoms with E-state index in [2.05, 4.69) is 53.0 Å². The Morgan fingerprint density at radius 2 is 2.12 bits per heavy atom. The molecule has 0 bridgehead atoms. The molecule has 2 rings (SSSR count). The van der Waals surface area contributed by atoms with Gasteiger partial charge >= 0.3 is 0 Å². The van der Waals surface area contributed by atoms with Gasteiger partial charge in [0.05, 0.1) is 5.69 Å². The SMILES string of the molecule is Cc1cccc(-n2c(C(C)C)n[nH]c2=S)c1Br. The average Bonchev–Trinajstić information content (AvgIpc) is 2.65. The lowest BCUT2D eigenvalue weighted by atomic mass is 10.2. The van der Waals surface area contributed by atoms with E-state index in [9.17, 15) is 0 Å². The van der Waals surface area contributed by atoms with Gasteiger partial charge in [0, 0.05) is 10.4 Å². The topological polar surface area (TPSA) is 33.6 Å². The summed E-state index contributed by atoms with van der Waals surface area (Å²) in [6.07, 6.45) is 0. The van der Waals surface area contributed by atoms with Crippen LogP contribution in [0.1, 0.15) is 31.2 Å². The minimum Gasteiger partial charge on any atom is -0.271 e. The molecule has 0 spiro atoms. The summed E-state index contributed by atoms with van der Waals surface area (Å²) < 4.78 is 3.66. The summed E-state index contributed by atoms with van der Waals surface area (Å²) in [5.41, 5.74) is 2.22. The molecule has 1 aromatic heterocycles. The third kappa shape index (κ3) is 2.21. The Balaban J connectivity index is 2.72. The van der Waals surface area contributed by atoms with E-state index >= 15 is 0 Å². The highest BCUT2D eigenvalue weighted by atomic mass is 79.9. The number of hydrogen-bond acceptors (Lipinski definition) is 2. The predicted octanol–water partition coefficient (Wildman–Crippen LogP) is 4.12. The summed E-state index contributed by atoms with van der Waals surface area (Å²) >= 11 is 8.91. The maximum atomic E-state index is 5.30. The maximum absolute atomic E-state index is 5.30. The second kappa shape index (κ2) is 4.74. The molecule has 0 aliphatic rings. The van der Waals surface area contributed by atoms with Gasteiger partial charge in [-0.15, -0.1) is 0 Å². The first-order chi connectivity index (χ1) is 8.02. The zero-order valence-electron chi connectivity index (χ0n) is 9.99. The minimum atomic E-state index is 0.315.